The van der Waals surface area contributed by atoms with Crippen LogP contribution in [0.15, 0.2) is 48.7 Å². The van der Waals surface area contributed by atoms with Crippen molar-refractivity contribution in [1.82, 2.24) is 24.5 Å². The molecule has 1 saturated heterocycles. The van der Waals surface area contributed by atoms with Crippen LogP contribution in [0.1, 0.15) is 30.9 Å². The zero-order chi connectivity index (χ0) is 24.2. The fourth-order valence-electron chi connectivity index (χ4n) is 4.75. The van der Waals surface area contributed by atoms with E-state index in [0.29, 0.717) is 53.9 Å². The van der Waals surface area contributed by atoms with Crippen molar-refractivity contribution in [2.45, 2.75) is 37.5 Å². The Morgan fingerprint density at radius 2 is 1.91 bits per heavy atom. The second-order valence-corrected chi connectivity index (χ2v) is 9.48. The maximum Gasteiger partial charge on any atom is 0.408 e. The molecule has 10 heteroatoms. The van der Waals surface area contributed by atoms with E-state index < -0.39 is 12.2 Å². The van der Waals surface area contributed by atoms with E-state index in [9.17, 15) is 13.2 Å². The van der Waals surface area contributed by atoms with Gasteiger partial charge in [-0.3, -0.25) is 9.30 Å². The van der Waals surface area contributed by atoms with Crippen LogP contribution >= 0.6 is 0 Å². The molecule has 0 spiro atoms. The summed E-state index contributed by atoms with van der Waals surface area (Å²) in [4.78, 5) is 6.18. The minimum absolute atomic E-state index is 0.120. The summed E-state index contributed by atoms with van der Waals surface area (Å²) in [7, 11) is 0. The predicted octanol–water partition coefficient (Wildman–Crippen LogP) is 4.37. The maximum atomic E-state index is 14.1. The molecule has 0 amide bonds. The molecular formula is C25H25F3N6O. The van der Waals surface area contributed by atoms with Crippen LogP contribution in [0.25, 0.3) is 28.1 Å². The highest BCUT2D eigenvalue weighted by Crippen LogP contribution is 2.39. The van der Waals surface area contributed by atoms with E-state index in [2.05, 4.69) is 10.2 Å². The lowest BCUT2D eigenvalue weighted by atomic mass is 10.1. The van der Waals surface area contributed by atoms with Gasteiger partial charge in [0.15, 0.2) is 11.5 Å². The van der Waals surface area contributed by atoms with E-state index >= 15 is 0 Å². The van der Waals surface area contributed by atoms with Gasteiger partial charge in [-0.25, -0.2) is 4.98 Å². The molecule has 6 rings (SSSR count). The number of pyridine rings is 2. The molecule has 4 aromatic rings. The number of nitrogens with zero attached hydrogens (tertiary/aromatic N) is 5. The average molecular weight is 483 g/mol. The Bertz CT molecular complexity index is 1380. The van der Waals surface area contributed by atoms with Crippen molar-refractivity contribution >= 4 is 16.6 Å². The highest BCUT2D eigenvalue weighted by molar-refractivity contribution is 5.86. The van der Waals surface area contributed by atoms with Gasteiger partial charge in [-0.2, -0.15) is 13.2 Å². The van der Waals surface area contributed by atoms with Crippen molar-refractivity contribution in [3.8, 4) is 17.3 Å². The van der Waals surface area contributed by atoms with Crippen molar-refractivity contribution in [1.29, 1.82) is 0 Å². The number of fused-ring (bicyclic) bond motifs is 2. The van der Waals surface area contributed by atoms with Gasteiger partial charge in [0.25, 0.3) is 0 Å². The van der Waals surface area contributed by atoms with Gasteiger partial charge in [-0.15, -0.1) is 10.2 Å². The molecule has 3 aromatic heterocycles. The van der Waals surface area contributed by atoms with Crippen LogP contribution in [0.5, 0.6) is 5.75 Å². The molecule has 35 heavy (non-hydrogen) atoms. The number of aromatic nitrogens is 4. The van der Waals surface area contributed by atoms with Crippen LogP contribution in [0.4, 0.5) is 13.2 Å². The lowest BCUT2D eigenvalue weighted by Gasteiger charge is -2.30. The fraction of sp³-hybridized carbons (Fsp3) is 0.400. The maximum absolute atomic E-state index is 14.1. The van der Waals surface area contributed by atoms with Gasteiger partial charge in [0.1, 0.15) is 23.0 Å². The van der Waals surface area contributed by atoms with Gasteiger partial charge in [-0.05, 0) is 48.9 Å². The molecule has 0 radical (unpaired) electrons. The molecule has 182 valence electrons. The highest BCUT2D eigenvalue weighted by Gasteiger charge is 2.46. The van der Waals surface area contributed by atoms with Gasteiger partial charge in [0.2, 0.25) is 0 Å². The standard InChI is InChI=1S/C25H25F3N6O/c26-25(27,28)23(33-11-10-18(29)13-33)17-7-9-21-31-32-24(34(21)12-17)19-8-6-16-2-1-3-20(22(16)30-19)35-14-15-4-5-15/h1-3,6-9,12,15,18,23H,4-5,10-11,13-14,29H2/t18-,23-/m0/s1. The first-order valence-corrected chi connectivity index (χ1v) is 11.8. The van der Waals surface area contributed by atoms with E-state index in [1.165, 1.54) is 30.0 Å². The first-order valence-electron chi connectivity index (χ1n) is 11.8. The Morgan fingerprint density at radius 1 is 1.06 bits per heavy atom. The topological polar surface area (TPSA) is 81.6 Å². The number of likely N-dealkylation sites (tertiary alicyclic amines) is 1. The Morgan fingerprint density at radius 3 is 2.66 bits per heavy atom. The van der Waals surface area contributed by atoms with E-state index in [4.69, 9.17) is 15.5 Å². The molecule has 2 N–H and O–H groups in total. The first-order chi connectivity index (χ1) is 16.9. The number of para-hydroxylation sites is 1. The van der Waals surface area contributed by atoms with Crippen LogP contribution in [-0.4, -0.2) is 56.4 Å². The molecule has 1 aromatic carbocycles. The highest BCUT2D eigenvalue weighted by atomic mass is 19.4. The van der Waals surface area contributed by atoms with Gasteiger partial charge in [0, 0.05) is 30.7 Å². The lowest BCUT2D eigenvalue weighted by molar-refractivity contribution is -0.183. The minimum Gasteiger partial charge on any atom is -0.491 e. The second kappa shape index (κ2) is 8.46. The van der Waals surface area contributed by atoms with Crippen molar-refractivity contribution in [3.05, 3.63) is 54.2 Å². The summed E-state index contributed by atoms with van der Waals surface area (Å²) in [5, 5.41) is 9.33. The molecular weight excluding hydrogens is 457 g/mol. The quantitative estimate of drug-likeness (QED) is 0.440. The minimum atomic E-state index is -4.44. The number of hydrogen-bond acceptors (Lipinski definition) is 6. The van der Waals surface area contributed by atoms with Crippen LogP contribution in [0.3, 0.4) is 0 Å². The van der Waals surface area contributed by atoms with E-state index in [0.717, 1.165) is 5.39 Å². The molecule has 1 aliphatic carbocycles. The largest absolute Gasteiger partial charge is 0.491 e. The second-order valence-electron chi connectivity index (χ2n) is 9.48. The van der Waals surface area contributed by atoms with Crippen LogP contribution in [-0.2, 0) is 0 Å². The third kappa shape index (κ3) is 4.32. The predicted molar refractivity (Wildman–Crippen MR) is 125 cm³/mol. The molecule has 0 unspecified atom stereocenters. The number of nitrogens with two attached hydrogens (primary N) is 1. The van der Waals surface area contributed by atoms with Gasteiger partial charge in [-0.1, -0.05) is 24.3 Å². The van der Waals surface area contributed by atoms with Gasteiger partial charge in [0.05, 0.1) is 6.61 Å². The summed E-state index contributed by atoms with van der Waals surface area (Å²) < 4.78 is 50.0. The summed E-state index contributed by atoms with van der Waals surface area (Å²) in [5.41, 5.74) is 7.67. The fourth-order valence-corrected chi connectivity index (χ4v) is 4.75. The summed E-state index contributed by atoms with van der Waals surface area (Å²) in [6.45, 7) is 1.16. The monoisotopic (exact) mass is 482 g/mol. The summed E-state index contributed by atoms with van der Waals surface area (Å²) >= 11 is 0. The molecule has 2 fully saturated rings. The normalized spacial score (nSPS) is 20.1. The van der Waals surface area contributed by atoms with Crippen molar-refractivity contribution in [3.63, 3.8) is 0 Å². The van der Waals surface area contributed by atoms with E-state index in [1.807, 2.05) is 24.3 Å². The number of rotatable bonds is 6. The third-order valence-electron chi connectivity index (χ3n) is 6.76. The Balaban J connectivity index is 1.41. The summed E-state index contributed by atoms with van der Waals surface area (Å²) in [5.74, 6) is 1.66. The van der Waals surface area contributed by atoms with Gasteiger partial charge < -0.3 is 10.5 Å². The van der Waals surface area contributed by atoms with Crippen LogP contribution in [0, 0.1) is 5.92 Å². The number of ether oxygens (including phenoxy) is 1. The number of hydrogen-bond donors (Lipinski definition) is 1. The van der Waals surface area contributed by atoms with Gasteiger partial charge >= 0.3 is 6.18 Å². The Labute approximate surface area is 199 Å². The average Bonchev–Trinajstić information content (AvgIpc) is 3.42. The first kappa shape index (κ1) is 22.2. The zero-order valence-electron chi connectivity index (χ0n) is 18.9. The Hall–Kier alpha value is -3.24. The molecule has 1 saturated carbocycles. The number of alkyl halides is 3. The Kier molecular flexibility index (Phi) is 5.37. The molecule has 2 atom stereocenters. The molecule has 4 heterocycles. The van der Waals surface area contributed by atoms with Crippen molar-refractivity contribution < 1.29 is 17.9 Å². The van der Waals surface area contributed by atoms with Crippen LogP contribution < -0.4 is 10.5 Å². The van der Waals surface area contributed by atoms with Crippen molar-refractivity contribution in [2.24, 2.45) is 11.7 Å². The van der Waals surface area contributed by atoms with Crippen molar-refractivity contribution in [2.75, 3.05) is 19.7 Å². The number of benzene rings is 1. The summed E-state index contributed by atoms with van der Waals surface area (Å²) in [6, 6.07) is 10.5. The number of halogens is 3. The van der Waals surface area contributed by atoms with E-state index in [-0.39, 0.29) is 18.2 Å². The van der Waals surface area contributed by atoms with Crippen LogP contribution in [0.2, 0.25) is 0 Å². The molecule has 0 bridgehead atoms. The smallest absolute Gasteiger partial charge is 0.408 e. The lowest BCUT2D eigenvalue weighted by Crippen LogP contribution is -2.38. The summed E-state index contributed by atoms with van der Waals surface area (Å²) in [6.07, 6.45) is -0.0760. The molecule has 2 aliphatic rings. The molecule has 7 nitrogen and oxygen atoms in total. The zero-order valence-corrected chi connectivity index (χ0v) is 18.9. The third-order valence-corrected chi connectivity index (χ3v) is 6.76. The SMILES string of the molecule is N[C@H]1CCN([C@@H](c2ccc3nnc(-c4ccc5cccc(OCC6CC6)c5n4)n3c2)C(F)(F)F)C1. The van der Waals surface area contributed by atoms with E-state index in [1.54, 1.807) is 16.5 Å². The molecule has 1 aliphatic heterocycles.